The second kappa shape index (κ2) is 5.30. The van der Waals surface area contributed by atoms with Gasteiger partial charge in [0.2, 0.25) is 0 Å². The summed E-state index contributed by atoms with van der Waals surface area (Å²) in [6, 6.07) is 6.77. The predicted octanol–water partition coefficient (Wildman–Crippen LogP) is 4.94. The van der Waals surface area contributed by atoms with Crippen LogP contribution < -0.4 is 0 Å². The summed E-state index contributed by atoms with van der Waals surface area (Å²) in [5.74, 6) is -0.922. The van der Waals surface area contributed by atoms with Crippen molar-refractivity contribution in [1.82, 2.24) is 0 Å². The molecule has 0 aliphatic heterocycles. The van der Waals surface area contributed by atoms with E-state index in [1.54, 1.807) is 19.1 Å². The van der Waals surface area contributed by atoms with Gasteiger partial charge in [0.05, 0.1) is 5.39 Å². The van der Waals surface area contributed by atoms with Crippen LogP contribution in [0.1, 0.15) is 24.5 Å². The van der Waals surface area contributed by atoms with Crippen LogP contribution in [-0.2, 0) is 6.42 Å². The molecule has 0 saturated heterocycles. The zero-order valence-corrected chi connectivity index (χ0v) is 10.6. The maximum atomic E-state index is 13.9. The lowest BCUT2D eigenvalue weighted by atomic mass is 10.0. The Morgan fingerprint density at radius 3 is 2.67 bits per heavy atom. The Morgan fingerprint density at radius 2 is 1.94 bits per heavy atom. The SMILES string of the molecule is CC=CCCc1cc(F)c2c(F)c(C)ccc2c1. The Balaban J connectivity index is 2.47. The molecule has 2 heteroatoms. The molecule has 0 nitrogen and oxygen atoms in total. The van der Waals surface area contributed by atoms with E-state index < -0.39 is 11.6 Å². The Hall–Kier alpha value is -1.70. The Bertz CT molecular complexity index is 598. The van der Waals surface area contributed by atoms with E-state index in [1.807, 2.05) is 25.1 Å². The van der Waals surface area contributed by atoms with E-state index in [0.29, 0.717) is 10.9 Å². The average Bonchev–Trinajstić information content (AvgIpc) is 2.34. The first kappa shape index (κ1) is 12.7. The van der Waals surface area contributed by atoms with Gasteiger partial charge in [-0.25, -0.2) is 8.78 Å². The molecule has 0 radical (unpaired) electrons. The zero-order valence-electron chi connectivity index (χ0n) is 10.6. The topological polar surface area (TPSA) is 0 Å². The van der Waals surface area contributed by atoms with Crippen LogP contribution in [0.2, 0.25) is 0 Å². The summed E-state index contributed by atoms with van der Waals surface area (Å²) in [6.45, 7) is 3.60. The maximum absolute atomic E-state index is 13.9. The van der Waals surface area contributed by atoms with Crippen molar-refractivity contribution in [2.45, 2.75) is 26.7 Å². The quantitative estimate of drug-likeness (QED) is 0.673. The standard InChI is InChI=1S/C16H16F2/c1-3-4-5-6-12-9-13-8-7-11(2)16(18)15(13)14(17)10-12/h3-4,7-10H,5-6H2,1-2H3. The first-order valence-electron chi connectivity index (χ1n) is 6.12. The highest BCUT2D eigenvalue weighted by Crippen LogP contribution is 2.25. The molecule has 0 amide bonds. The van der Waals surface area contributed by atoms with Crippen LogP contribution in [0.3, 0.4) is 0 Å². The summed E-state index contributed by atoms with van der Waals surface area (Å²) >= 11 is 0. The molecule has 0 aliphatic carbocycles. The molecule has 0 fully saturated rings. The van der Waals surface area contributed by atoms with Crippen molar-refractivity contribution >= 4 is 10.8 Å². The minimum atomic E-state index is -0.468. The third-order valence-electron chi connectivity index (χ3n) is 3.09. The van der Waals surface area contributed by atoms with Gasteiger partial charge in [0.1, 0.15) is 11.6 Å². The van der Waals surface area contributed by atoms with Crippen LogP contribution in [0.15, 0.2) is 36.4 Å². The number of allylic oxidation sites excluding steroid dienone is 2. The number of benzene rings is 2. The lowest BCUT2D eigenvalue weighted by Crippen LogP contribution is -1.92. The lowest BCUT2D eigenvalue weighted by molar-refractivity contribution is 0.602. The van der Waals surface area contributed by atoms with Gasteiger partial charge in [-0.3, -0.25) is 0 Å². The molecule has 2 aromatic carbocycles. The largest absolute Gasteiger partial charge is 0.206 e. The fraction of sp³-hybridized carbons (Fsp3) is 0.250. The molecule has 2 aromatic rings. The van der Waals surface area contributed by atoms with Crippen LogP contribution >= 0.6 is 0 Å². The van der Waals surface area contributed by atoms with Crippen molar-refractivity contribution in [3.63, 3.8) is 0 Å². The van der Waals surface area contributed by atoms with E-state index in [9.17, 15) is 8.78 Å². The first-order valence-corrected chi connectivity index (χ1v) is 6.12. The van der Waals surface area contributed by atoms with Crippen molar-refractivity contribution in [2.24, 2.45) is 0 Å². The molecule has 0 unspecified atom stereocenters. The van der Waals surface area contributed by atoms with Gasteiger partial charge in [-0.05, 0) is 49.3 Å². The van der Waals surface area contributed by atoms with Gasteiger partial charge in [-0.2, -0.15) is 0 Å². The van der Waals surface area contributed by atoms with E-state index in [0.717, 1.165) is 18.4 Å². The molecular formula is C16H16F2. The molecule has 2 rings (SSSR count). The van der Waals surface area contributed by atoms with Crippen LogP contribution in [0.5, 0.6) is 0 Å². The van der Waals surface area contributed by atoms with Crippen LogP contribution in [-0.4, -0.2) is 0 Å². The van der Waals surface area contributed by atoms with Gasteiger partial charge >= 0.3 is 0 Å². The molecule has 0 atom stereocenters. The van der Waals surface area contributed by atoms with Gasteiger partial charge in [0.15, 0.2) is 0 Å². The smallest absolute Gasteiger partial charge is 0.136 e. The van der Waals surface area contributed by atoms with E-state index in [1.165, 1.54) is 6.07 Å². The second-order valence-electron chi connectivity index (χ2n) is 4.48. The van der Waals surface area contributed by atoms with Crippen molar-refractivity contribution in [3.05, 3.63) is 59.2 Å². The summed E-state index contributed by atoms with van der Waals surface area (Å²) in [5, 5.41) is 0.735. The van der Waals surface area contributed by atoms with Gasteiger partial charge in [-0.15, -0.1) is 0 Å². The average molecular weight is 246 g/mol. The zero-order chi connectivity index (χ0) is 13.1. The minimum absolute atomic E-state index is 0.102. The summed E-state index contributed by atoms with van der Waals surface area (Å²) in [6.07, 6.45) is 5.65. The second-order valence-corrected chi connectivity index (χ2v) is 4.48. The summed E-state index contributed by atoms with van der Waals surface area (Å²) in [4.78, 5) is 0. The van der Waals surface area contributed by atoms with Crippen molar-refractivity contribution in [2.75, 3.05) is 0 Å². The van der Waals surface area contributed by atoms with E-state index >= 15 is 0 Å². The fourth-order valence-corrected chi connectivity index (χ4v) is 2.10. The molecule has 0 N–H and O–H groups in total. The monoisotopic (exact) mass is 246 g/mol. The molecule has 0 spiro atoms. The third-order valence-corrected chi connectivity index (χ3v) is 3.09. The molecule has 0 bridgehead atoms. The number of hydrogen-bond acceptors (Lipinski definition) is 0. The minimum Gasteiger partial charge on any atom is -0.206 e. The molecular weight excluding hydrogens is 230 g/mol. The van der Waals surface area contributed by atoms with Crippen molar-refractivity contribution in [3.8, 4) is 0 Å². The number of halogens is 2. The molecule has 0 aromatic heterocycles. The third kappa shape index (κ3) is 2.42. The number of fused-ring (bicyclic) bond motifs is 1. The lowest BCUT2D eigenvalue weighted by Gasteiger charge is -2.07. The fourth-order valence-electron chi connectivity index (χ4n) is 2.10. The van der Waals surface area contributed by atoms with Crippen molar-refractivity contribution in [1.29, 1.82) is 0 Å². The van der Waals surface area contributed by atoms with Crippen LogP contribution in [0, 0.1) is 18.6 Å². The van der Waals surface area contributed by atoms with Gasteiger partial charge < -0.3 is 0 Å². The molecule has 0 heterocycles. The van der Waals surface area contributed by atoms with E-state index in [2.05, 4.69) is 0 Å². The highest BCUT2D eigenvalue weighted by molar-refractivity contribution is 5.85. The summed E-state index contributed by atoms with van der Waals surface area (Å²) < 4.78 is 27.8. The van der Waals surface area contributed by atoms with Crippen LogP contribution in [0.25, 0.3) is 10.8 Å². The van der Waals surface area contributed by atoms with E-state index in [4.69, 9.17) is 0 Å². The Labute approximate surface area is 106 Å². The normalized spacial score (nSPS) is 11.6. The van der Waals surface area contributed by atoms with Crippen molar-refractivity contribution < 1.29 is 8.78 Å². The number of rotatable bonds is 3. The summed E-state index contributed by atoms with van der Waals surface area (Å²) in [5.41, 5.74) is 1.38. The van der Waals surface area contributed by atoms with Gasteiger partial charge in [0.25, 0.3) is 0 Å². The molecule has 0 aliphatic rings. The summed E-state index contributed by atoms with van der Waals surface area (Å²) in [7, 11) is 0. The molecule has 94 valence electrons. The van der Waals surface area contributed by atoms with Gasteiger partial charge in [-0.1, -0.05) is 30.4 Å². The molecule has 0 saturated carbocycles. The highest BCUT2D eigenvalue weighted by atomic mass is 19.1. The Kier molecular flexibility index (Phi) is 3.75. The van der Waals surface area contributed by atoms with E-state index in [-0.39, 0.29) is 5.39 Å². The maximum Gasteiger partial charge on any atom is 0.136 e. The van der Waals surface area contributed by atoms with Crippen LogP contribution in [0.4, 0.5) is 8.78 Å². The highest BCUT2D eigenvalue weighted by Gasteiger charge is 2.10. The predicted molar refractivity (Wildman–Crippen MR) is 71.7 cm³/mol. The Morgan fingerprint density at radius 1 is 1.17 bits per heavy atom. The molecule has 18 heavy (non-hydrogen) atoms. The number of aryl methyl sites for hydroxylation is 2. The van der Waals surface area contributed by atoms with Gasteiger partial charge in [0, 0.05) is 0 Å². The number of hydrogen-bond donors (Lipinski definition) is 0. The first-order chi connectivity index (χ1) is 8.63.